The van der Waals surface area contributed by atoms with Crippen molar-refractivity contribution in [3.63, 3.8) is 0 Å². The SMILES string of the molecule is CS(=O)(=O)N1CCC(=O)CC1=Cc1cn(Cc2ccccc2)nn1. The van der Waals surface area contributed by atoms with Gasteiger partial charge < -0.3 is 0 Å². The largest absolute Gasteiger partial charge is 0.299 e. The number of aromatic nitrogens is 3. The highest BCUT2D eigenvalue weighted by molar-refractivity contribution is 7.88. The van der Waals surface area contributed by atoms with Crippen LogP contribution < -0.4 is 0 Å². The van der Waals surface area contributed by atoms with E-state index >= 15 is 0 Å². The number of hydrogen-bond acceptors (Lipinski definition) is 5. The van der Waals surface area contributed by atoms with Crippen LogP contribution >= 0.6 is 0 Å². The summed E-state index contributed by atoms with van der Waals surface area (Å²) in [6, 6.07) is 9.83. The molecule has 0 N–H and O–H groups in total. The zero-order valence-electron chi connectivity index (χ0n) is 13.3. The summed E-state index contributed by atoms with van der Waals surface area (Å²) in [6.45, 7) is 0.757. The van der Waals surface area contributed by atoms with Crippen molar-refractivity contribution in [2.75, 3.05) is 12.8 Å². The van der Waals surface area contributed by atoms with Crippen LogP contribution in [0.25, 0.3) is 6.08 Å². The van der Waals surface area contributed by atoms with E-state index in [1.807, 2.05) is 30.3 Å². The molecule has 1 saturated heterocycles. The van der Waals surface area contributed by atoms with Crippen LogP contribution in [0.2, 0.25) is 0 Å². The molecule has 0 unspecified atom stereocenters. The van der Waals surface area contributed by atoms with E-state index in [2.05, 4.69) is 10.3 Å². The second-order valence-electron chi connectivity index (χ2n) is 5.76. The first-order chi connectivity index (χ1) is 11.4. The van der Waals surface area contributed by atoms with Crippen LogP contribution in [0.1, 0.15) is 24.1 Å². The van der Waals surface area contributed by atoms with Crippen molar-refractivity contribution >= 4 is 21.9 Å². The van der Waals surface area contributed by atoms with Crippen molar-refractivity contribution in [2.24, 2.45) is 0 Å². The number of carbonyl (C=O) groups is 1. The minimum atomic E-state index is -3.40. The molecule has 1 aromatic heterocycles. The van der Waals surface area contributed by atoms with E-state index < -0.39 is 10.0 Å². The third-order valence-electron chi connectivity index (χ3n) is 3.75. The molecule has 1 aliphatic rings. The van der Waals surface area contributed by atoms with E-state index in [4.69, 9.17) is 0 Å². The van der Waals surface area contributed by atoms with Crippen LogP contribution in [-0.4, -0.2) is 46.3 Å². The summed E-state index contributed by atoms with van der Waals surface area (Å²) >= 11 is 0. The predicted molar refractivity (Wildman–Crippen MR) is 89.3 cm³/mol. The lowest BCUT2D eigenvalue weighted by Crippen LogP contribution is -2.36. The van der Waals surface area contributed by atoms with Gasteiger partial charge in [0.1, 0.15) is 11.5 Å². The number of hydrogen-bond donors (Lipinski definition) is 0. The second-order valence-corrected chi connectivity index (χ2v) is 7.67. The number of rotatable bonds is 4. The average Bonchev–Trinajstić information content (AvgIpc) is 2.94. The van der Waals surface area contributed by atoms with Gasteiger partial charge in [-0.1, -0.05) is 35.5 Å². The molecule has 0 aliphatic carbocycles. The van der Waals surface area contributed by atoms with Crippen LogP contribution in [0.3, 0.4) is 0 Å². The van der Waals surface area contributed by atoms with Crippen molar-refractivity contribution in [2.45, 2.75) is 19.4 Å². The van der Waals surface area contributed by atoms with Crippen molar-refractivity contribution in [1.29, 1.82) is 0 Å². The van der Waals surface area contributed by atoms with E-state index in [-0.39, 0.29) is 25.2 Å². The fourth-order valence-corrected chi connectivity index (χ4v) is 3.61. The summed E-state index contributed by atoms with van der Waals surface area (Å²) in [5.74, 6) is 0.0258. The zero-order chi connectivity index (χ0) is 17.2. The van der Waals surface area contributed by atoms with Crippen molar-refractivity contribution < 1.29 is 13.2 Å². The minimum Gasteiger partial charge on any atom is -0.299 e. The molecule has 2 heterocycles. The normalized spacial score (nSPS) is 17.5. The summed E-state index contributed by atoms with van der Waals surface area (Å²) in [7, 11) is -3.40. The molecule has 0 radical (unpaired) electrons. The highest BCUT2D eigenvalue weighted by Gasteiger charge is 2.27. The number of piperidine rings is 1. The molecule has 0 saturated carbocycles. The first kappa shape index (κ1) is 16.4. The average molecular weight is 346 g/mol. The minimum absolute atomic E-state index is 0.0258. The van der Waals surface area contributed by atoms with Crippen LogP contribution in [-0.2, 0) is 21.4 Å². The Hall–Kier alpha value is -2.48. The standard InChI is InChI=1S/C16H18N4O3S/c1-24(22,23)20-8-7-16(21)10-15(20)9-14-12-19(18-17-14)11-13-5-3-2-4-6-13/h2-6,9,12H,7-8,10-11H2,1H3. The first-order valence-electron chi connectivity index (χ1n) is 7.56. The molecule has 0 amide bonds. The summed E-state index contributed by atoms with van der Waals surface area (Å²) < 4.78 is 26.7. The predicted octanol–water partition coefficient (Wildman–Crippen LogP) is 1.29. The summed E-state index contributed by atoms with van der Waals surface area (Å²) in [6.07, 6.45) is 4.83. The highest BCUT2D eigenvalue weighted by atomic mass is 32.2. The molecule has 0 bridgehead atoms. The first-order valence-corrected chi connectivity index (χ1v) is 9.41. The van der Waals surface area contributed by atoms with Gasteiger partial charge in [-0.15, -0.1) is 5.10 Å². The molecule has 7 nitrogen and oxygen atoms in total. The third kappa shape index (κ3) is 3.88. The van der Waals surface area contributed by atoms with Crippen LogP contribution in [0.5, 0.6) is 0 Å². The Morgan fingerprint density at radius 3 is 2.71 bits per heavy atom. The number of Topliss-reactive ketones (excluding diaryl/α,β-unsaturated/α-hetero) is 1. The van der Waals surface area contributed by atoms with Crippen molar-refractivity contribution in [3.05, 3.63) is 53.5 Å². The molecule has 126 valence electrons. The topological polar surface area (TPSA) is 85.2 Å². The summed E-state index contributed by atoms with van der Waals surface area (Å²) in [5.41, 5.74) is 2.07. The summed E-state index contributed by atoms with van der Waals surface area (Å²) in [4.78, 5) is 11.7. The van der Waals surface area contributed by atoms with Gasteiger partial charge in [0.05, 0.1) is 19.0 Å². The van der Waals surface area contributed by atoms with E-state index in [1.54, 1.807) is 17.0 Å². The van der Waals surface area contributed by atoms with Gasteiger partial charge in [0.2, 0.25) is 10.0 Å². The molecule has 24 heavy (non-hydrogen) atoms. The Bertz CT molecular complexity index is 872. The molecule has 0 atom stereocenters. The van der Waals surface area contributed by atoms with Gasteiger partial charge in [-0.25, -0.2) is 13.1 Å². The second kappa shape index (κ2) is 6.56. The number of nitrogens with zero attached hydrogens (tertiary/aromatic N) is 4. The van der Waals surface area contributed by atoms with E-state index in [1.165, 1.54) is 4.31 Å². The van der Waals surface area contributed by atoms with Crippen LogP contribution in [0.4, 0.5) is 0 Å². The van der Waals surface area contributed by atoms with Crippen LogP contribution in [0.15, 0.2) is 42.2 Å². The fraction of sp³-hybridized carbons (Fsp3) is 0.312. The monoisotopic (exact) mass is 346 g/mol. The van der Waals surface area contributed by atoms with Gasteiger partial charge in [-0.3, -0.25) is 9.10 Å². The number of carbonyl (C=O) groups excluding carboxylic acids is 1. The Labute approximate surface area is 140 Å². The maximum Gasteiger partial charge on any atom is 0.232 e. The van der Waals surface area contributed by atoms with E-state index in [0.717, 1.165) is 11.8 Å². The molecular weight excluding hydrogens is 328 g/mol. The van der Waals surface area contributed by atoms with Gasteiger partial charge >= 0.3 is 0 Å². The molecular formula is C16H18N4O3S. The van der Waals surface area contributed by atoms with Gasteiger partial charge in [-0.2, -0.15) is 0 Å². The Morgan fingerprint density at radius 1 is 1.25 bits per heavy atom. The quantitative estimate of drug-likeness (QED) is 0.833. The number of benzene rings is 1. The molecule has 1 fully saturated rings. The van der Waals surface area contributed by atoms with Gasteiger partial charge in [0.15, 0.2) is 0 Å². The van der Waals surface area contributed by atoms with E-state index in [9.17, 15) is 13.2 Å². The lowest BCUT2D eigenvalue weighted by atomic mass is 10.1. The lowest BCUT2D eigenvalue weighted by Gasteiger charge is -2.28. The molecule has 1 aromatic carbocycles. The molecule has 3 rings (SSSR count). The van der Waals surface area contributed by atoms with Gasteiger partial charge in [0, 0.05) is 25.1 Å². The Morgan fingerprint density at radius 2 is 2.00 bits per heavy atom. The van der Waals surface area contributed by atoms with Crippen molar-refractivity contribution in [1.82, 2.24) is 19.3 Å². The Balaban J connectivity index is 1.83. The fourth-order valence-electron chi connectivity index (χ4n) is 2.65. The maximum absolute atomic E-state index is 11.9. The van der Waals surface area contributed by atoms with Crippen molar-refractivity contribution in [3.8, 4) is 0 Å². The summed E-state index contributed by atoms with van der Waals surface area (Å²) in [5, 5.41) is 8.10. The lowest BCUT2D eigenvalue weighted by molar-refractivity contribution is -0.119. The molecule has 1 aliphatic heterocycles. The molecule has 8 heteroatoms. The number of ketones is 1. The smallest absolute Gasteiger partial charge is 0.232 e. The highest BCUT2D eigenvalue weighted by Crippen LogP contribution is 2.23. The Kier molecular flexibility index (Phi) is 4.48. The third-order valence-corrected chi connectivity index (χ3v) is 4.97. The van der Waals surface area contributed by atoms with E-state index in [0.29, 0.717) is 17.9 Å². The van der Waals surface area contributed by atoms with Gasteiger partial charge in [-0.05, 0) is 11.6 Å². The zero-order valence-corrected chi connectivity index (χ0v) is 14.1. The number of sulfonamides is 1. The van der Waals surface area contributed by atoms with Crippen LogP contribution in [0, 0.1) is 0 Å². The molecule has 0 spiro atoms. The maximum atomic E-state index is 11.9. The number of allylic oxidation sites excluding steroid dienone is 1. The van der Waals surface area contributed by atoms with Gasteiger partial charge in [0.25, 0.3) is 0 Å². The molecule has 2 aromatic rings.